The maximum atomic E-state index is 4.54. The highest BCUT2D eigenvalue weighted by Crippen LogP contribution is 2.24. The van der Waals surface area contributed by atoms with E-state index in [0.29, 0.717) is 11.6 Å². The lowest BCUT2D eigenvalue weighted by molar-refractivity contribution is 0.955. The second-order valence-electron chi connectivity index (χ2n) is 4.17. The maximum Gasteiger partial charge on any atom is 0.225 e. The number of hydrogen-bond acceptors (Lipinski definition) is 5. The molecule has 3 aromatic heterocycles. The summed E-state index contributed by atoms with van der Waals surface area (Å²) in [5, 5.41) is 11.0. The molecule has 19 heavy (non-hydrogen) atoms. The molecule has 0 saturated heterocycles. The van der Waals surface area contributed by atoms with Crippen LogP contribution in [-0.2, 0) is 0 Å². The van der Waals surface area contributed by atoms with Gasteiger partial charge in [0.15, 0.2) is 5.65 Å². The SMILES string of the molecule is CCCNc1nc(-c2ccccn2)c2cn[nH]c2n1. The Morgan fingerprint density at radius 3 is 3.00 bits per heavy atom. The molecule has 6 nitrogen and oxygen atoms in total. The number of nitrogens with zero attached hydrogens (tertiary/aromatic N) is 4. The molecule has 96 valence electrons. The topological polar surface area (TPSA) is 79.4 Å². The number of nitrogens with one attached hydrogen (secondary N) is 2. The van der Waals surface area contributed by atoms with Crippen molar-refractivity contribution in [1.82, 2.24) is 25.1 Å². The van der Waals surface area contributed by atoms with Crippen LogP contribution in [-0.4, -0.2) is 31.7 Å². The van der Waals surface area contributed by atoms with Crippen molar-refractivity contribution in [2.75, 3.05) is 11.9 Å². The summed E-state index contributed by atoms with van der Waals surface area (Å²) in [5.41, 5.74) is 2.32. The standard InChI is InChI=1S/C13H14N6/c1-2-6-15-13-17-11(10-5-3-4-7-14-10)9-8-16-19-12(9)18-13/h3-5,7-8H,2,6H2,1H3,(H2,15,16,17,18,19). The van der Waals surface area contributed by atoms with Crippen LogP contribution >= 0.6 is 0 Å². The van der Waals surface area contributed by atoms with Crippen LogP contribution in [0.25, 0.3) is 22.4 Å². The molecule has 0 radical (unpaired) electrons. The van der Waals surface area contributed by atoms with Gasteiger partial charge in [0.05, 0.1) is 17.3 Å². The summed E-state index contributed by atoms with van der Waals surface area (Å²) < 4.78 is 0. The number of hydrogen-bond donors (Lipinski definition) is 2. The molecule has 0 spiro atoms. The first-order chi connectivity index (χ1) is 9.38. The van der Waals surface area contributed by atoms with E-state index < -0.39 is 0 Å². The first-order valence-corrected chi connectivity index (χ1v) is 6.25. The van der Waals surface area contributed by atoms with Crippen molar-refractivity contribution in [3.63, 3.8) is 0 Å². The van der Waals surface area contributed by atoms with Gasteiger partial charge in [-0.3, -0.25) is 10.1 Å². The predicted molar refractivity (Wildman–Crippen MR) is 73.7 cm³/mol. The second kappa shape index (κ2) is 5.01. The Kier molecular flexibility index (Phi) is 3.06. The molecular formula is C13H14N6. The van der Waals surface area contributed by atoms with Gasteiger partial charge in [-0.1, -0.05) is 13.0 Å². The summed E-state index contributed by atoms with van der Waals surface area (Å²) in [7, 11) is 0. The Bertz CT molecular complexity index is 676. The number of fused-ring (bicyclic) bond motifs is 1. The molecular weight excluding hydrogens is 240 g/mol. The quantitative estimate of drug-likeness (QED) is 0.746. The molecule has 0 fully saturated rings. The predicted octanol–water partition coefficient (Wildman–Crippen LogP) is 2.24. The fraction of sp³-hybridized carbons (Fsp3) is 0.231. The van der Waals surface area contributed by atoms with Gasteiger partial charge in [-0.25, -0.2) is 4.98 Å². The second-order valence-corrected chi connectivity index (χ2v) is 4.17. The molecule has 0 amide bonds. The van der Waals surface area contributed by atoms with Gasteiger partial charge in [0.25, 0.3) is 0 Å². The Hall–Kier alpha value is -2.50. The van der Waals surface area contributed by atoms with Crippen LogP contribution in [0.2, 0.25) is 0 Å². The van der Waals surface area contributed by atoms with Crippen LogP contribution in [0.5, 0.6) is 0 Å². The van der Waals surface area contributed by atoms with Crippen molar-refractivity contribution < 1.29 is 0 Å². The van der Waals surface area contributed by atoms with Gasteiger partial charge < -0.3 is 5.32 Å². The van der Waals surface area contributed by atoms with Gasteiger partial charge in [0, 0.05) is 12.7 Å². The third kappa shape index (κ3) is 2.24. The van der Waals surface area contributed by atoms with Crippen LogP contribution in [0, 0.1) is 0 Å². The van der Waals surface area contributed by atoms with Crippen LogP contribution < -0.4 is 5.32 Å². The Morgan fingerprint density at radius 2 is 2.21 bits per heavy atom. The highest BCUT2D eigenvalue weighted by molar-refractivity contribution is 5.89. The molecule has 0 atom stereocenters. The van der Waals surface area contributed by atoms with Gasteiger partial charge in [0.1, 0.15) is 5.69 Å². The molecule has 0 aliphatic heterocycles. The van der Waals surface area contributed by atoms with Crippen LogP contribution in [0.3, 0.4) is 0 Å². The minimum absolute atomic E-state index is 0.597. The van der Waals surface area contributed by atoms with Crippen LogP contribution in [0.4, 0.5) is 5.95 Å². The van der Waals surface area contributed by atoms with Crippen molar-refractivity contribution in [3.05, 3.63) is 30.6 Å². The lowest BCUT2D eigenvalue weighted by atomic mass is 10.2. The van der Waals surface area contributed by atoms with E-state index in [1.54, 1.807) is 12.4 Å². The molecule has 0 bridgehead atoms. The summed E-state index contributed by atoms with van der Waals surface area (Å²) >= 11 is 0. The third-order valence-electron chi connectivity index (χ3n) is 2.75. The van der Waals surface area contributed by atoms with Crippen molar-refractivity contribution in [2.45, 2.75) is 13.3 Å². The number of anilines is 1. The first kappa shape index (κ1) is 11.6. The van der Waals surface area contributed by atoms with E-state index in [1.165, 1.54) is 0 Å². The maximum absolute atomic E-state index is 4.54. The largest absolute Gasteiger partial charge is 0.354 e. The number of pyridine rings is 1. The summed E-state index contributed by atoms with van der Waals surface area (Å²) in [6.07, 6.45) is 4.49. The summed E-state index contributed by atoms with van der Waals surface area (Å²) in [6.45, 7) is 2.93. The lowest BCUT2D eigenvalue weighted by Gasteiger charge is -2.06. The Labute approximate surface area is 110 Å². The van der Waals surface area contributed by atoms with E-state index in [9.17, 15) is 0 Å². The van der Waals surface area contributed by atoms with Crippen LogP contribution in [0.15, 0.2) is 30.6 Å². The van der Waals surface area contributed by atoms with Gasteiger partial charge >= 0.3 is 0 Å². The molecule has 6 heteroatoms. The molecule has 0 saturated carbocycles. The summed E-state index contributed by atoms with van der Waals surface area (Å²) in [6, 6.07) is 5.75. The minimum Gasteiger partial charge on any atom is -0.354 e. The summed E-state index contributed by atoms with van der Waals surface area (Å²) in [5.74, 6) is 0.597. The highest BCUT2D eigenvalue weighted by atomic mass is 15.2. The fourth-order valence-electron chi connectivity index (χ4n) is 1.85. The van der Waals surface area contributed by atoms with Crippen LogP contribution in [0.1, 0.15) is 13.3 Å². The number of aromatic nitrogens is 5. The average molecular weight is 254 g/mol. The molecule has 3 heterocycles. The minimum atomic E-state index is 0.597. The van der Waals surface area contributed by atoms with Crippen molar-refractivity contribution in [2.24, 2.45) is 0 Å². The summed E-state index contributed by atoms with van der Waals surface area (Å²) in [4.78, 5) is 13.3. The third-order valence-corrected chi connectivity index (χ3v) is 2.75. The Balaban J connectivity index is 2.13. The monoisotopic (exact) mass is 254 g/mol. The zero-order chi connectivity index (χ0) is 13.1. The zero-order valence-electron chi connectivity index (χ0n) is 10.6. The number of H-pyrrole nitrogens is 1. The van der Waals surface area contributed by atoms with Gasteiger partial charge in [-0.05, 0) is 18.6 Å². The molecule has 3 aromatic rings. The van der Waals surface area contributed by atoms with E-state index in [4.69, 9.17) is 0 Å². The zero-order valence-corrected chi connectivity index (χ0v) is 10.6. The fourth-order valence-corrected chi connectivity index (χ4v) is 1.85. The molecule has 0 unspecified atom stereocenters. The van der Waals surface area contributed by atoms with Crippen molar-refractivity contribution in [3.8, 4) is 11.4 Å². The van der Waals surface area contributed by atoms with Crippen molar-refractivity contribution in [1.29, 1.82) is 0 Å². The van der Waals surface area contributed by atoms with E-state index in [1.807, 2.05) is 18.2 Å². The smallest absolute Gasteiger partial charge is 0.225 e. The highest BCUT2D eigenvalue weighted by Gasteiger charge is 2.11. The molecule has 0 aromatic carbocycles. The number of rotatable bonds is 4. The molecule has 0 aliphatic carbocycles. The van der Waals surface area contributed by atoms with E-state index >= 15 is 0 Å². The van der Waals surface area contributed by atoms with Gasteiger partial charge in [-0.15, -0.1) is 0 Å². The van der Waals surface area contributed by atoms with E-state index in [-0.39, 0.29) is 0 Å². The van der Waals surface area contributed by atoms with Gasteiger partial charge in [0.2, 0.25) is 5.95 Å². The van der Waals surface area contributed by atoms with E-state index in [2.05, 4.69) is 37.4 Å². The normalized spacial score (nSPS) is 10.8. The van der Waals surface area contributed by atoms with E-state index in [0.717, 1.165) is 29.7 Å². The lowest BCUT2D eigenvalue weighted by Crippen LogP contribution is -2.05. The Morgan fingerprint density at radius 1 is 1.26 bits per heavy atom. The number of aromatic amines is 1. The molecule has 0 aliphatic rings. The van der Waals surface area contributed by atoms with Gasteiger partial charge in [-0.2, -0.15) is 10.1 Å². The molecule has 3 rings (SSSR count). The van der Waals surface area contributed by atoms with Crippen molar-refractivity contribution >= 4 is 17.0 Å². The average Bonchev–Trinajstić information content (AvgIpc) is 2.93. The molecule has 2 N–H and O–H groups in total. The first-order valence-electron chi connectivity index (χ1n) is 6.25.